The molecule has 0 spiro atoms. The van der Waals surface area contributed by atoms with Gasteiger partial charge in [0.05, 0.1) is 0 Å². The molecule has 98 valence electrons. The zero-order valence-electron chi connectivity index (χ0n) is 11.1. The summed E-state index contributed by atoms with van der Waals surface area (Å²) in [4.78, 5) is 4.09. The van der Waals surface area contributed by atoms with Crippen molar-refractivity contribution in [3.63, 3.8) is 0 Å². The zero-order chi connectivity index (χ0) is 13.1. The first-order valence-corrected chi connectivity index (χ1v) is 6.68. The molecule has 3 nitrogen and oxygen atoms in total. The fraction of sp³-hybridized carbons (Fsp3) is 0.312. The minimum atomic E-state index is 0.502. The van der Waals surface area contributed by atoms with Crippen LogP contribution in [0.1, 0.15) is 29.2 Å². The van der Waals surface area contributed by atoms with Crippen LogP contribution in [0.5, 0.6) is 5.75 Å². The van der Waals surface area contributed by atoms with Crippen molar-refractivity contribution in [3.8, 4) is 5.75 Å². The van der Waals surface area contributed by atoms with Gasteiger partial charge in [0.15, 0.2) is 0 Å². The van der Waals surface area contributed by atoms with Gasteiger partial charge in [0.2, 0.25) is 0 Å². The van der Waals surface area contributed by atoms with Gasteiger partial charge in [-0.2, -0.15) is 0 Å². The average Bonchev–Trinajstić information content (AvgIpc) is 2.88. The molecule has 0 saturated heterocycles. The van der Waals surface area contributed by atoms with E-state index < -0.39 is 0 Å². The molecule has 1 heterocycles. The molecule has 3 rings (SSSR count). The van der Waals surface area contributed by atoms with E-state index in [-0.39, 0.29) is 0 Å². The molecule has 1 atom stereocenters. The number of rotatable bonds is 4. The van der Waals surface area contributed by atoms with E-state index >= 15 is 0 Å². The van der Waals surface area contributed by atoms with E-state index in [1.807, 2.05) is 25.4 Å². The molecular weight excluding hydrogens is 236 g/mol. The number of nitrogens with zero attached hydrogens (tertiary/aromatic N) is 1. The molecular formula is C16H18N2O. The second-order valence-corrected chi connectivity index (χ2v) is 4.89. The summed E-state index contributed by atoms with van der Waals surface area (Å²) in [7, 11) is 2.02. The summed E-state index contributed by atoms with van der Waals surface area (Å²) < 4.78 is 5.83. The Labute approximate surface area is 113 Å². The lowest BCUT2D eigenvalue weighted by Gasteiger charge is -2.11. The molecule has 2 aromatic rings. The number of nitrogens with one attached hydrogen (secondary N) is 1. The third kappa shape index (κ3) is 2.61. The lowest BCUT2D eigenvalue weighted by molar-refractivity contribution is 0.305. The fourth-order valence-corrected chi connectivity index (χ4v) is 2.63. The SMILES string of the molecule is CNC1CCc2cc(OCc3cccnc3)ccc21. The van der Waals surface area contributed by atoms with Crippen molar-refractivity contribution < 1.29 is 4.74 Å². The van der Waals surface area contributed by atoms with Crippen molar-refractivity contribution in [2.45, 2.75) is 25.5 Å². The van der Waals surface area contributed by atoms with Gasteiger partial charge in [0, 0.05) is 24.0 Å². The van der Waals surface area contributed by atoms with Gasteiger partial charge in [-0.15, -0.1) is 0 Å². The minimum Gasteiger partial charge on any atom is -0.489 e. The van der Waals surface area contributed by atoms with Crippen molar-refractivity contribution in [1.82, 2.24) is 10.3 Å². The van der Waals surface area contributed by atoms with Gasteiger partial charge in [-0.25, -0.2) is 0 Å². The Balaban J connectivity index is 1.70. The third-order valence-electron chi connectivity index (χ3n) is 3.67. The molecule has 0 fully saturated rings. The third-order valence-corrected chi connectivity index (χ3v) is 3.67. The van der Waals surface area contributed by atoms with Gasteiger partial charge in [-0.3, -0.25) is 4.98 Å². The quantitative estimate of drug-likeness (QED) is 0.911. The maximum absolute atomic E-state index is 5.83. The normalized spacial score (nSPS) is 17.2. The number of pyridine rings is 1. The molecule has 0 radical (unpaired) electrons. The summed E-state index contributed by atoms with van der Waals surface area (Å²) in [5.41, 5.74) is 3.91. The Morgan fingerprint density at radius 3 is 3.11 bits per heavy atom. The maximum atomic E-state index is 5.83. The molecule has 1 unspecified atom stereocenters. The van der Waals surface area contributed by atoms with Crippen molar-refractivity contribution in [1.29, 1.82) is 0 Å². The number of ether oxygens (including phenoxy) is 1. The highest BCUT2D eigenvalue weighted by atomic mass is 16.5. The summed E-state index contributed by atoms with van der Waals surface area (Å²) in [6.07, 6.45) is 5.92. The number of fused-ring (bicyclic) bond motifs is 1. The molecule has 19 heavy (non-hydrogen) atoms. The van der Waals surface area contributed by atoms with E-state index in [9.17, 15) is 0 Å². The Hall–Kier alpha value is -1.87. The summed E-state index contributed by atoms with van der Waals surface area (Å²) in [5, 5.41) is 3.35. The molecule has 0 aliphatic heterocycles. The first kappa shape index (κ1) is 12.2. The summed E-state index contributed by atoms with van der Waals surface area (Å²) in [6, 6.07) is 10.9. The monoisotopic (exact) mass is 254 g/mol. The maximum Gasteiger partial charge on any atom is 0.120 e. The molecule has 1 aliphatic rings. The molecule has 0 saturated carbocycles. The molecule has 1 aromatic carbocycles. The van der Waals surface area contributed by atoms with E-state index in [1.165, 1.54) is 17.5 Å². The molecule has 0 bridgehead atoms. The van der Waals surface area contributed by atoms with Crippen LogP contribution in [0.3, 0.4) is 0 Å². The van der Waals surface area contributed by atoms with E-state index in [4.69, 9.17) is 4.74 Å². The fourth-order valence-electron chi connectivity index (χ4n) is 2.63. The van der Waals surface area contributed by atoms with Crippen molar-refractivity contribution >= 4 is 0 Å². The van der Waals surface area contributed by atoms with Crippen molar-refractivity contribution in [2.75, 3.05) is 7.05 Å². The standard InChI is InChI=1S/C16H18N2O/c1-17-16-7-4-13-9-14(5-6-15(13)16)19-11-12-3-2-8-18-10-12/h2-3,5-6,8-10,16-17H,4,7,11H2,1H3. The first-order chi connectivity index (χ1) is 9.36. The van der Waals surface area contributed by atoms with Gasteiger partial charge < -0.3 is 10.1 Å². The summed E-state index contributed by atoms with van der Waals surface area (Å²) in [6.45, 7) is 0.572. The van der Waals surface area contributed by atoms with Crippen LogP contribution in [0.4, 0.5) is 0 Å². The van der Waals surface area contributed by atoms with Crippen LogP contribution in [0.2, 0.25) is 0 Å². The highest BCUT2D eigenvalue weighted by Crippen LogP contribution is 2.33. The Morgan fingerprint density at radius 1 is 1.37 bits per heavy atom. The lowest BCUT2D eigenvalue weighted by atomic mass is 10.1. The van der Waals surface area contributed by atoms with Gasteiger partial charge in [-0.1, -0.05) is 12.1 Å². The number of hydrogen-bond donors (Lipinski definition) is 1. The highest BCUT2D eigenvalue weighted by Gasteiger charge is 2.20. The van der Waals surface area contributed by atoms with E-state index in [0.717, 1.165) is 17.7 Å². The molecule has 3 heteroatoms. The van der Waals surface area contributed by atoms with Crippen LogP contribution in [-0.4, -0.2) is 12.0 Å². The highest BCUT2D eigenvalue weighted by molar-refractivity contribution is 5.40. The number of aromatic nitrogens is 1. The minimum absolute atomic E-state index is 0.502. The van der Waals surface area contributed by atoms with Crippen LogP contribution in [0, 0.1) is 0 Å². The predicted molar refractivity (Wildman–Crippen MR) is 75.1 cm³/mol. The van der Waals surface area contributed by atoms with Gasteiger partial charge in [-0.05, 0) is 49.2 Å². The lowest BCUT2D eigenvalue weighted by Crippen LogP contribution is -2.12. The topological polar surface area (TPSA) is 34.1 Å². The molecule has 0 amide bonds. The Kier molecular flexibility index (Phi) is 3.47. The summed E-state index contributed by atoms with van der Waals surface area (Å²) in [5.74, 6) is 0.944. The number of benzene rings is 1. The van der Waals surface area contributed by atoms with Gasteiger partial charge in [0.1, 0.15) is 12.4 Å². The second-order valence-electron chi connectivity index (χ2n) is 4.89. The van der Waals surface area contributed by atoms with Gasteiger partial charge >= 0.3 is 0 Å². The van der Waals surface area contributed by atoms with Crippen LogP contribution in [0.25, 0.3) is 0 Å². The predicted octanol–water partition coefficient (Wildman–Crippen LogP) is 2.87. The van der Waals surface area contributed by atoms with Crippen molar-refractivity contribution in [3.05, 3.63) is 59.4 Å². The Morgan fingerprint density at radius 2 is 2.32 bits per heavy atom. The smallest absolute Gasteiger partial charge is 0.120 e. The Bertz CT molecular complexity index is 554. The van der Waals surface area contributed by atoms with Crippen LogP contribution < -0.4 is 10.1 Å². The average molecular weight is 254 g/mol. The summed E-state index contributed by atoms with van der Waals surface area (Å²) >= 11 is 0. The van der Waals surface area contributed by atoms with Gasteiger partial charge in [0.25, 0.3) is 0 Å². The van der Waals surface area contributed by atoms with E-state index in [2.05, 4.69) is 28.5 Å². The van der Waals surface area contributed by atoms with E-state index in [1.54, 1.807) is 6.20 Å². The molecule has 1 N–H and O–H groups in total. The van der Waals surface area contributed by atoms with Crippen LogP contribution >= 0.6 is 0 Å². The van der Waals surface area contributed by atoms with E-state index in [0.29, 0.717) is 12.6 Å². The number of hydrogen-bond acceptors (Lipinski definition) is 3. The first-order valence-electron chi connectivity index (χ1n) is 6.68. The van der Waals surface area contributed by atoms with Crippen molar-refractivity contribution in [2.24, 2.45) is 0 Å². The largest absolute Gasteiger partial charge is 0.489 e. The number of aryl methyl sites for hydroxylation is 1. The molecule has 1 aromatic heterocycles. The zero-order valence-corrected chi connectivity index (χ0v) is 11.1. The molecule has 1 aliphatic carbocycles. The van der Waals surface area contributed by atoms with Crippen LogP contribution in [-0.2, 0) is 13.0 Å². The second kappa shape index (κ2) is 5.41. The van der Waals surface area contributed by atoms with Crippen LogP contribution in [0.15, 0.2) is 42.7 Å².